The van der Waals surface area contributed by atoms with Gasteiger partial charge in [0, 0.05) is 36.8 Å². The Hall–Kier alpha value is -1.93. The van der Waals surface area contributed by atoms with E-state index in [4.69, 9.17) is 16.2 Å². The molecule has 5 N–H and O–H groups in total. The molecule has 1 aromatic heterocycles. The van der Waals surface area contributed by atoms with Crippen molar-refractivity contribution in [2.75, 3.05) is 18.9 Å². The van der Waals surface area contributed by atoms with Crippen molar-refractivity contribution in [2.24, 2.45) is 5.73 Å². The van der Waals surface area contributed by atoms with E-state index in [1.165, 1.54) is 0 Å². The van der Waals surface area contributed by atoms with Crippen LogP contribution < -0.4 is 21.1 Å². The Morgan fingerprint density at radius 2 is 1.81 bits per heavy atom. The molecule has 2 aromatic carbocycles. The zero-order valence-electron chi connectivity index (χ0n) is 18.3. The van der Waals surface area contributed by atoms with Crippen LogP contribution in [0.25, 0.3) is 10.2 Å². The topological polar surface area (TPSA) is 104 Å². The van der Waals surface area contributed by atoms with E-state index in [0.29, 0.717) is 37.4 Å². The standard InChI is InChI=1S/C23H31N3O3S.2ClH/c1-2-3-4-5-6-18-19(29-14-11-16-7-9-17(25)10-8-16)15-20-21(22(18)27)26(13-12-24)23(28)30-20;;/h7-10,15,27H,2-6,11-14,24-25H2,1H3;2*1H. The normalized spacial score (nSPS) is 10.6. The van der Waals surface area contributed by atoms with Crippen molar-refractivity contribution in [1.82, 2.24) is 4.57 Å². The number of nitrogens with zero attached hydrogens (tertiary/aromatic N) is 1. The van der Waals surface area contributed by atoms with E-state index >= 15 is 0 Å². The van der Waals surface area contributed by atoms with Gasteiger partial charge in [0.05, 0.1) is 11.3 Å². The number of hydrogen-bond acceptors (Lipinski definition) is 6. The highest BCUT2D eigenvalue weighted by Gasteiger charge is 2.19. The van der Waals surface area contributed by atoms with Gasteiger partial charge in [-0.15, -0.1) is 24.8 Å². The highest BCUT2D eigenvalue weighted by molar-refractivity contribution is 7.16. The Labute approximate surface area is 205 Å². The first kappa shape index (κ1) is 28.1. The van der Waals surface area contributed by atoms with Crippen LogP contribution in [0.4, 0.5) is 5.69 Å². The number of phenols is 1. The van der Waals surface area contributed by atoms with Crippen LogP contribution in [0, 0.1) is 0 Å². The molecule has 0 amide bonds. The van der Waals surface area contributed by atoms with Crippen molar-refractivity contribution >= 4 is 52.1 Å². The number of benzene rings is 2. The van der Waals surface area contributed by atoms with Crippen molar-refractivity contribution in [3.05, 3.63) is 51.1 Å². The van der Waals surface area contributed by atoms with Crippen molar-refractivity contribution in [2.45, 2.75) is 52.0 Å². The molecular formula is C23H33Cl2N3O3S. The Balaban J connectivity index is 0.00000256. The summed E-state index contributed by atoms with van der Waals surface area (Å²) in [7, 11) is 0. The summed E-state index contributed by atoms with van der Waals surface area (Å²) in [6.45, 7) is 3.39. The molecular weight excluding hydrogens is 469 g/mol. The summed E-state index contributed by atoms with van der Waals surface area (Å²) in [5.41, 5.74) is 14.6. The number of aromatic hydroxyl groups is 1. The maximum absolute atomic E-state index is 12.4. The number of nitrogens with two attached hydrogens (primary N) is 2. The van der Waals surface area contributed by atoms with E-state index in [2.05, 4.69) is 6.92 Å². The highest BCUT2D eigenvalue weighted by Crippen LogP contribution is 2.38. The molecule has 0 atom stereocenters. The number of unbranched alkanes of at least 4 members (excludes halogenated alkanes) is 3. The number of ether oxygens (including phenoxy) is 1. The summed E-state index contributed by atoms with van der Waals surface area (Å²) < 4.78 is 8.41. The van der Waals surface area contributed by atoms with E-state index in [-0.39, 0.29) is 35.4 Å². The lowest BCUT2D eigenvalue weighted by Gasteiger charge is -2.15. The molecule has 0 unspecified atom stereocenters. The minimum absolute atomic E-state index is 0. The molecule has 0 saturated carbocycles. The summed E-state index contributed by atoms with van der Waals surface area (Å²) in [5, 5.41) is 11.1. The lowest BCUT2D eigenvalue weighted by molar-refractivity contribution is 0.316. The van der Waals surface area contributed by atoms with Crippen LogP contribution >= 0.6 is 36.2 Å². The summed E-state index contributed by atoms with van der Waals surface area (Å²) in [6, 6.07) is 9.63. The van der Waals surface area contributed by atoms with Gasteiger partial charge in [0.2, 0.25) is 0 Å². The molecule has 0 spiro atoms. The molecule has 0 radical (unpaired) electrons. The molecule has 0 bridgehead atoms. The zero-order valence-corrected chi connectivity index (χ0v) is 20.8. The van der Waals surface area contributed by atoms with Gasteiger partial charge in [-0.25, -0.2) is 0 Å². The lowest BCUT2D eigenvalue weighted by atomic mass is 10.0. The number of aromatic nitrogens is 1. The van der Waals surface area contributed by atoms with Crippen molar-refractivity contribution in [1.29, 1.82) is 0 Å². The van der Waals surface area contributed by atoms with Gasteiger partial charge < -0.3 is 21.3 Å². The fourth-order valence-corrected chi connectivity index (χ4v) is 4.57. The number of rotatable bonds is 11. The minimum atomic E-state index is -0.110. The number of fused-ring (bicyclic) bond motifs is 1. The second-order valence-electron chi connectivity index (χ2n) is 7.51. The van der Waals surface area contributed by atoms with Gasteiger partial charge in [0.1, 0.15) is 17.0 Å². The first-order valence-corrected chi connectivity index (χ1v) is 11.4. The molecule has 0 aliphatic heterocycles. The number of halogens is 2. The third-order valence-electron chi connectivity index (χ3n) is 5.25. The van der Waals surface area contributed by atoms with E-state index < -0.39 is 0 Å². The maximum Gasteiger partial charge on any atom is 0.308 e. The van der Waals surface area contributed by atoms with E-state index in [0.717, 1.165) is 65.0 Å². The zero-order chi connectivity index (χ0) is 21.5. The molecule has 0 aliphatic rings. The molecule has 32 heavy (non-hydrogen) atoms. The van der Waals surface area contributed by atoms with Crippen molar-refractivity contribution < 1.29 is 9.84 Å². The third-order valence-corrected chi connectivity index (χ3v) is 6.18. The summed E-state index contributed by atoms with van der Waals surface area (Å²) in [5.74, 6) is 0.811. The maximum atomic E-state index is 12.4. The Bertz CT molecular complexity index is 1040. The van der Waals surface area contributed by atoms with Gasteiger partial charge in [-0.3, -0.25) is 9.36 Å². The van der Waals surface area contributed by atoms with Gasteiger partial charge in [-0.05, 0) is 30.5 Å². The number of hydrogen-bond donors (Lipinski definition) is 3. The van der Waals surface area contributed by atoms with E-state index in [9.17, 15) is 9.90 Å². The number of nitrogen functional groups attached to an aromatic ring is 1. The average Bonchev–Trinajstić information content (AvgIpc) is 3.04. The minimum Gasteiger partial charge on any atom is -0.505 e. The quantitative estimate of drug-likeness (QED) is 0.256. The Morgan fingerprint density at radius 3 is 2.47 bits per heavy atom. The average molecular weight is 503 g/mol. The molecule has 0 aliphatic carbocycles. The first-order chi connectivity index (χ1) is 14.5. The van der Waals surface area contributed by atoms with Crippen LogP contribution in [-0.4, -0.2) is 22.8 Å². The third kappa shape index (κ3) is 6.78. The van der Waals surface area contributed by atoms with Gasteiger partial charge in [0.15, 0.2) is 0 Å². The molecule has 3 rings (SSSR count). The summed E-state index contributed by atoms with van der Waals surface area (Å²) >= 11 is 1.12. The highest BCUT2D eigenvalue weighted by atomic mass is 35.5. The summed E-state index contributed by atoms with van der Waals surface area (Å²) in [4.78, 5) is 12.3. The van der Waals surface area contributed by atoms with Crippen LogP contribution in [-0.2, 0) is 19.4 Å². The number of thiazole rings is 1. The lowest BCUT2D eigenvalue weighted by Crippen LogP contribution is -2.18. The van der Waals surface area contributed by atoms with Crippen LogP contribution in [0.1, 0.15) is 43.7 Å². The predicted octanol–water partition coefficient (Wildman–Crippen LogP) is 4.90. The Kier molecular flexibility index (Phi) is 11.9. The summed E-state index contributed by atoms with van der Waals surface area (Å²) in [6.07, 6.45) is 5.82. The van der Waals surface area contributed by atoms with Gasteiger partial charge in [-0.2, -0.15) is 0 Å². The molecule has 0 saturated heterocycles. The van der Waals surface area contributed by atoms with Crippen LogP contribution in [0.3, 0.4) is 0 Å². The smallest absolute Gasteiger partial charge is 0.308 e. The second-order valence-corrected chi connectivity index (χ2v) is 8.50. The van der Waals surface area contributed by atoms with E-state index in [1.54, 1.807) is 4.57 Å². The van der Waals surface area contributed by atoms with Crippen LogP contribution in [0.15, 0.2) is 35.1 Å². The predicted molar refractivity (Wildman–Crippen MR) is 139 cm³/mol. The molecule has 0 fully saturated rings. The largest absolute Gasteiger partial charge is 0.505 e. The second kappa shape index (κ2) is 13.6. The fourth-order valence-electron chi connectivity index (χ4n) is 3.62. The van der Waals surface area contributed by atoms with Gasteiger partial charge in [0.25, 0.3) is 0 Å². The van der Waals surface area contributed by atoms with Crippen LogP contribution in [0.5, 0.6) is 11.5 Å². The van der Waals surface area contributed by atoms with Crippen molar-refractivity contribution in [3.63, 3.8) is 0 Å². The first-order valence-electron chi connectivity index (χ1n) is 10.6. The molecule has 178 valence electrons. The SMILES string of the molecule is CCCCCCc1c(OCCc2ccc(N)cc2)cc2sc(=O)n(CCN)c2c1O.Cl.Cl. The van der Waals surface area contributed by atoms with Crippen molar-refractivity contribution in [3.8, 4) is 11.5 Å². The molecule has 3 aromatic rings. The van der Waals surface area contributed by atoms with Gasteiger partial charge in [-0.1, -0.05) is 49.7 Å². The Morgan fingerprint density at radius 1 is 1.09 bits per heavy atom. The number of anilines is 1. The molecule has 9 heteroatoms. The number of phenolic OH excluding ortho intramolecular Hbond substituents is 1. The van der Waals surface area contributed by atoms with Crippen LogP contribution in [0.2, 0.25) is 0 Å². The molecule has 6 nitrogen and oxygen atoms in total. The molecule has 1 heterocycles. The van der Waals surface area contributed by atoms with E-state index in [1.807, 2.05) is 30.3 Å². The fraction of sp³-hybridized carbons (Fsp3) is 0.435. The monoisotopic (exact) mass is 501 g/mol. The van der Waals surface area contributed by atoms with Gasteiger partial charge >= 0.3 is 4.87 Å².